The lowest BCUT2D eigenvalue weighted by molar-refractivity contribution is -0.128. The van der Waals surface area contributed by atoms with Crippen molar-refractivity contribution in [3.63, 3.8) is 0 Å². The fourth-order valence-corrected chi connectivity index (χ4v) is 2.60. The topological polar surface area (TPSA) is 32.3 Å². The van der Waals surface area contributed by atoms with Crippen LogP contribution in [0.3, 0.4) is 0 Å². The fourth-order valence-electron chi connectivity index (χ4n) is 2.26. The van der Waals surface area contributed by atoms with Gasteiger partial charge in [0, 0.05) is 11.8 Å². The molecule has 4 heteroatoms. The van der Waals surface area contributed by atoms with Crippen molar-refractivity contribution < 1.29 is 4.79 Å². The lowest BCUT2D eigenvalue weighted by Crippen LogP contribution is -2.33. The number of amides is 1. The van der Waals surface area contributed by atoms with Crippen LogP contribution in [0.15, 0.2) is 30.3 Å². The zero-order valence-electron chi connectivity index (χ0n) is 11.6. The maximum atomic E-state index is 12.3. The molecule has 0 aromatic heterocycles. The molecule has 0 aliphatic carbocycles. The van der Waals surface area contributed by atoms with Crippen LogP contribution in [0, 0.1) is 0 Å². The van der Waals surface area contributed by atoms with Crippen LogP contribution in [0.2, 0.25) is 0 Å². The van der Waals surface area contributed by atoms with E-state index in [1.54, 1.807) is 0 Å². The summed E-state index contributed by atoms with van der Waals surface area (Å²) in [6.07, 6.45) is 3.97. The average molecular weight is 278 g/mol. The van der Waals surface area contributed by atoms with Crippen LogP contribution in [0.1, 0.15) is 18.9 Å². The van der Waals surface area contributed by atoms with E-state index in [0.717, 1.165) is 19.4 Å². The van der Waals surface area contributed by atoms with Gasteiger partial charge >= 0.3 is 0 Å². The summed E-state index contributed by atoms with van der Waals surface area (Å²) in [6.45, 7) is 3.76. The molecule has 1 aliphatic rings. The maximum absolute atomic E-state index is 12.3. The molecule has 1 N–H and O–H groups in total. The molecule has 0 spiro atoms. The third-order valence-electron chi connectivity index (χ3n) is 3.63. The van der Waals surface area contributed by atoms with E-state index < -0.39 is 0 Å². The number of nitrogens with one attached hydrogen (secondary N) is 1. The first kappa shape index (κ1) is 14.4. The lowest BCUT2D eigenvalue weighted by atomic mass is 10.1. The van der Waals surface area contributed by atoms with Gasteiger partial charge in [-0.15, -0.1) is 0 Å². The van der Waals surface area contributed by atoms with Crippen molar-refractivity contribution >= 4 is 17.7 Å². The Labute approximate surface area is 119 Å². The van der Waals surface area contributed by atoms with Crippen molar-refractivity contribution in [2.45, 2.75) is 31.1 Å². The van der Waals surface area contributed by atoms with Gasteiger partial charge in [-0.3, -0.25) is 10.1 Å². The van der Waals surface area contributed by atoms with E-state index in [0.29, 0.717) is 11.9 Å². The van der Waals surface area contributed by atoms with Gasteiger partial charge in [-0.25, -0.2) is 0 Å². The smallest absolute Gasteiger partial charge is 0.241 e. The van der Waals surface area contributed by atoms with E-state index in [9.17, 15) is 4.79 Å². The molecule has 0 bridgehead atoms. The molecule has 1 aromatic carbocycles. The van der Waals surface area contributed by atoms with Crippen LogP contribution in [-0.2, 0) is 11.2 Å². The SMILES string of the molecule is CSC(C)CCN1CNC(Cc2ccccc2)C1=O. The number of hydrogen-bond donors (Lipinski definition) is 1. The quantitative estimate of drug-likeness (QED) is 0.865. The summed E-state index contributed by atoms with van der Waals surface area (Å²) in [5, 5.41) is 3.93. The van der Waals surface area contributed by atoms with Gasteiger partial charge in [0.15, 0.2) is 0 Å². The number of rotatable bonds is 6. The monoisotopic (exact) mass is 278 g/mol. The van der Waals surface area contributed by atoms with Gasteiger partial charge < -0.3 is 4.90 Å². The van der Waals surface area contributed by atoms with Crippen LogP contribution < -0.4 is 5.32 Å². The summed E-state index contributed by atoms with van der Waals surface area (Å²) in [5.74, 6) is 0.247. The summed E-state index contributed by atoms with van der Waals surface area (Å²) in [6, 6.07) is 10.1. The third-order valence-corrected chi connectivity index (χ3v) is 4.67. The zero-order valence-corrected chi connectivity index (χ0v) is 12.5. The minimum atomic E-state index is -0.0491. The first-order valence-corrected chi connectivity index (χ1v) is 8.08. The zero-order chi connectivity index (χ0) is 13.7. The first-order chi connectivity index (χ1) is 9.20. The van der Waals surface area contributed by atoms with E-state index in [1.807, 2.05) is 34.9 Å². The Hall–Kier alpha value is -1.00. The van der Waals surface area contributed by atoms with Gasteiger partial charge in [0.25, 0.3) is 0 Å². The lowest BCUT2D eigenvalue weighted by Gasteiger charge is -2.17. The molecule has 1 aliphatic heterocycles. The number of thioether (sulfide) groups is 1. The molecule has 3 nitrogen and oxygen atoms in total. The largest absolute Gasteiger partial charge is 0.329 e. The molecule has 0 saturated carbocycles. The van der Waals surface area contributed by atoms with Crippen molar-refractivity contribution in [2.75, 3.05) is 19.5 Å². The number of hydrogen-bond acceptors (Lipinski definition) is 3. The molecular formula is C15H22N2OS. The standard InChI is InChI=1S/C15H22N2OS/c1-12(19-2)8-9-17-11-16-14(15(17)18)10-13-6-4-3-5-7-13/h3-7,12,14,16H,8-11H2,1-2H3. The van der Waals surface area contributed by atoms with Gasteiger partial charge in [0.05, 0.1) is 12.7 Å². The van der Waals surface area contributed by atoms with Gasteiger partial charge in [-0.05, 0) is 24.7 Å². The molecule has 1 fully saturated rings. The van der Waals surface area contributed by atoms with Crippen molar-refractivity contribution in [1.29, 1.82) is 0 Å². The third kappa shape index (κ3) is 3.98. The van der Waals surface area contributed by atoms with E-state index in [2.05, 4.69) is 30.6 Å². The second-order valence-electron chi connectivity index (χ2n) is 5.04. The maximum Gasteiger partial charge on any atom is 0.241 e. The van der Waals surface area contributed by atoms with Crippen LogP contribution in [0.5, 0.6) is 0 Å². The van der Waals surface area contributed by atoms with Crippen molar-refractivity contribution in [3.8, 4) is 0 Å². The Balaban J connectivity index is 1.84. The Morgan fingerprint density at radius 1 is 1.42 bits per heavy atom. The Kier molecular flexibility index (Phi) is 5.28. The Bertz CT molecular complexity index is 410. The summed E-state index contributed by atoms with van der Waals surface area (Å²) in [5.41, 5.74) is 1.22. The number of carbonyl (C=O) groups is 1. The molecule has 19 heavy (non-hydrogen) atoms. The van der Waals surface area contributed by atoms with E-state index >= 15 is 0 Å². The number of carbonyl (C=O) groups excluding carboxylic acids is 1. The molecule has 2 unspecified atom stereocenters. The van der Waals surface area contributed by atoms with Crippen molar-refractivity contribution in [3.05, 3.63) is 35.9 Å². The predicted molar refractivity (Wildman–Crippen MR) is 81.2 cm³/mol. The van der Waals surface area contributed by atoms with Crippen molar-refractivity contribution in [2.24, 2.45) is 0 Å². The normalized spacial score (nSPS) is 20.8. The second-order valence-corrected chi connectivity index (χ2v) is 6.32. The highest BCUT2D eigenvalue weighted by atomic mass is 32.2. The van der Waals surface area contributed by atoms with E-state index in [-0.39, 0.29) is 11.9 Å². The van der Waals surface area contributed by atoms with Crippen LogP contribution in [0.25, 0.3) is 0 Å². The molecule has 2 atom stereocenters. The van der Waals surface area contributed by atoms with Crippen LogP contribution in [0.4, 0.5) is 0 Å². The molecule has 1 heterocycles. The molecule has 1 saturated heterocycles. The molecular weight excluding hydrogens is 256 g/mol. The van der Waals surface area contributed by atoms with Crippen LogP contribution in [-0.4, -0.2) is 41.6 Å². The second kappa shape index (κ2) is 6.96. The predicted octanol–water partition coefficient (Wildman–Crippen LogP) is 2.13. The van der Waals surface area contributed by atoms with Gasteiger partial charge in [0.2, 0.25) is 5.91 Å². The molecule has 0 radical (unpaired) electrons. The number of nitrogens with zero attached hydrogens (tertiary/aromatic N) is 1. The molecule has 1 amide bonds. The molecule has 2 rings (SSSR count). The Morgan fingerprint density at radius 3 is 2.84 bits per heavy atom. The Morgan fingerprint density at radius 2 is 2.16 bits per heavy atom. The minimum Gasteiger partial charge on any atom is -0.329 e. The van der Waals surface area contributed by atoms with Crippen molar-refractivity contribution in [1.82, 2.24) is 10.2 Å². The highest BCUT2D eigenvalue weighted by Gasteiger charge is 2.30. The highest BCUT2D eigenvalue weighted by molar-refractivity contribution is 7.99. The average Bonchev–Trinajstić information content (AvgIpc) is 2.78. The summed E-state index contributed by atoms with van der Waals surface area (Å²) >= 11 is 1.85. The summed E-state index contributed by atoms with van der Waals surface area (Å²) in [4.78, 5) is 14.2. The highest BCUT2D eigenvalue weighted by Crippen LogP contribution is 2.14. The molecule has 104 valence electrons. The summed E-state index contributed by atoms with van der Waals surface area (Å²) in [7, 11) is 0. The number of benzene rings is 1. The molecule has 1 aromatic rings. The van der Waals surface area contributed by atoms with Gasteiger partial charge in [-0.2, -0.15) is 11.8 Å². The summed E-state index contributed by atoms with van der Waals surface area (Å²) < 4.78 is 0. The fraction of sp³-hybridized carbons (Fsp3) is 0.533. The van der Waals surface area contributed by atoms with Gasteiger partial charge in [0.1, 0.15) is 0 Å². The van der Waals surface area contributed by atoms with Crippen LogP contribution >= 0.6 is 11.8 Å². The first-order valence-electron chi connectivity index (χ1n) is 6.79. The van der Waals surface area contributed by atoms with E-state index in [4.69, 9.17) is 0 Å². The van der Waals surface area contributed by atoms with Gasteiger partial charge in [-0.1, -0.05) is 37.3 Å². The van der Waals surface area contributed by atoms with E-state index in [1.165, 1.54) is 5.56 Å². The minimum absolute atomic E-state index is 0.0491.